The van der Waals surface area contributed by atoms with Crippen LogP contribution in [0.3, 0.4) is 0 Å². The fourth-order valence-corrected chi connectivity index (χ4v) is 0.293. The number of aliphatic hydroxyl groups excluding tert-OH is 1. The second-order valence-electron chi connectivity index (χ2n) is 3.22. The molecule has 0 amide bonds. The summed E-state index contributed by atoms with van der Waals surface area (Å²) in [5.41, 5.74) is 0.0417. The Balaban J connectivity index is 0. The van der Waals surface area contributed by atoms with Gasteiger partial charge in [0.25, 0.3) is 0 Å². The molecular formula is C8H18Cl2O2. The fourth-order valence-electron chi connectivity index (χ4n) is 0.0976. The average Bonchev–Trinajstić information content (AvgIpc) is 1.87. The van der Waals surface area contributed by atoms with E-state index in [1.54, 1.807) is 7.11 Å². The molecule has 0 saturated heterocycles. The number of halogens is 2. The van der Waals surface area contributed by atoms with E-state index in [0.29, 0.717) is 6.42 Å². The van der Waals surface area contributed by atoms with Gasteiger partial charge in [0.1, 0.15) is 4.84 Å². The van der Waals surface area contributed by atoms with Gasteiger partial charge < -0.3 is 9.84 Å². The van der Waals surface area contributed by atoms with Crippen LogP contribution in [0, 0.1) is 0 Å². The number of methoxy groups -OCH3 is 1. The van der Waals surface area contributed by atoms with Crippen molar-refractivity contribution in [2.45, 2.75) is 37.6 Å². The van der Waals surface area contributed by atoms with Crippen LogP contribution in [-0.2, 0) is 4.74 Å². The van der Waals surface area contributed by atoms with Crippen molar-refractivity contribution in [2.75, 3.05) is 13.7 Å². The Morgan fingerprint density at radius 1 is 1.33 bits per heavy atom. The normalized spacial score (nSPS) is 11.0. The lowest BCUT2D eigenvalue weighted by Crippen LogP contribution is -2.15. The molecule has 0 rings (SSSR count). The van der Waals surface area contributed by atoms with Gasteiger partial charge in [-0.3, -0.25) is 0 Å². The first-order valence-corrected chi connectivity index (χ1v) is 4.65. The zero-order valence-corrected chi connectivity index (χ0v) is 9.61. The Bertz CT molecular complexity index is 89.5. The van der Waals surface area contributed by atoms with Gasteiger partial charge in [-0.15, -0.1) is 23.2 Å². The Morgan fingerprint density at radius 2 is 1.67 bits per heavy atom. The minimum Gasteiger partial charge on any atom is -0.396 e. The lowest BCUT2D eigenvalue weighted by atomic mass is 10.2. The molecule has 0 aliphatic carbocycles. The van der Waals surface area contributed by atoms with Gasteiger partial charge in [-0.1, -0.05) is 0 Å². The van der Waals surface area contributed by atoms with E-state index >= 15 is 0 Å². The highest BCUT2D eigenvalue weighted by Gasteiger charge is 2.03. The largest absolute Gasteiger partial charge is 0.396 e. The summed E-state index contributed by atoms with van der Waals surface area (Å²) >= 11 is 10.4. The second-order valence-corrected chi connectivity index (χ2v) is 4.50. The van der Waals surface area contributed by atoms with E-state index in [4.69, 9.17) is 33.0 Å². The number of alkyl halides is 2. The number of aliphatic hydroxyl groups is 1. The molecule has 0 bridgehead atoms. The molecule has 2 nitrogen and oxygen atoms in total. The molecule has 0 heterocycles. The van der Waals surface area contributed by atoms with Gasteiger partial charge in [0.2, 0.25) is 0 Å². The maximum Gasteiger partial charge on any atom is 0.110 e. The summed E-state index contributed by atoms with van der Waals surface area (Å²) in [5.74, 6) is 0. The standard InChI is InChI=1S/C5H12O.C3H6Cl2O/c1-5(2,3)6-4;4-3(5)1-2-6/h1-4H3;3,6H,1-2H2. The summed E-state index contributed by atoms with van der Waals surface area (Å²) < 4.78 is 4.94. The molecule has 0 atom stereocenters. The number of rotatable bonds is 2. The maximum absolute atomic E-state index is 8.07. The van der Waals surface area contributed by atoms with E-state index in [0.717, 1.165) is 0 Å². The van der Waals surface area contributed by atoms with Crippen LogP contribution in [0.5, 0.6) is 0 Å². The molecule has 76 valence electrons. The summed E-state index contributed by atoms with van der Waals surface area (Å²) in [6.45, 7) is 6.13. The Morgan fingerprint density at radius 3 is 1.67 bits per heavy atom. The van der Waals surface area contributed by atoms with E-state index in [9.17, 15) is 0 Å². The summed E-state index contributed by atoms with van der Waals surface area (Å²) in [6, 6.07) is 0. The summed E-state index contributed by atoms with van der Waals surface area (Å²) in [4.78, 5) is -0.407. The molecule has 0 radical (unpaired) electrons. The molecule has 0 aromatic heterocycles. The van der Waals surface area contributed by atoms with Gasteiger partial charge in [0.15, 0.2) is 0 Å². The number of ether oxygens (including phenoxy) is 1. The first-order valence-electron chi connectivity index (χ1n) is 3.77. The zero-order chi connectivity index (χ0) is 10.2. The Labute approximate surface area is 84.8 Å². The third-order valence-electron chi connectivity index (χ3n) is 0.960. The highest BCUT2D eigenvalue weighted by molar-refractivity contribution is 6.44. The predicted octanol–water partition coefficient (Wildman–Crippen LogP) is 2.60. The smallest absolute Gasteiger partial charge is 0.110 e. The SMILES string of the molecule is COC(C)(C)C.OCCC(Cl)Cl. The van der Waals surface area contributed by atoms with Crippen LogP contribution >= 0.6 is 23.2 Å². The Kier molecular flexibility index (Phi) is 10.1. The van der Waals surface area contributed by atoms with Crippen molar-refractivity contribution in [3.63, 3.8) is 0 Å². The molecule has 4 heteroatoms. The van der Waals surface area contributed by atoms with Crippen molar-refractivity contribution >= 4 is 23.2 Å². The molecule has 0 spiro atoms. The third-order valence-corrected chi connectivity index (χ3v) is 1.40. The lowest BCUT2D eigenvalue weighted by molar-refractivity contribution is 0.0397. The number of hydrogen-bond acceptors (Lipinski definition) is 2. The highest BCUT2D eigenvalue weighted by atomic mass is 35.5. The van der Waals surface area contributed by atoms with Gasteiger partial charge in [-0.2, -0.15) is 0 Å². The van der Waals surface area contributed by atoms with E-state index in [2.05, 4.69) is 0 Å². The van der Waals surface area contributed by atoms with Crippen molar-refractivity contribution in [1.82, 2.24) is 0 Å². The summed E-state index contributed by atoms with van der Waals surface area (Å²) in [7, 11) is 1.71. The lowest BCUT2D eigenvalue weighted by Gasteiger charge is -2.14. The predicted molar refractivity (Wildman–Crippen MR) is 54.0 cm³/mol. The molecule has 0 fully saturated rings. The fraction of sp³-hybridized carbons (Fsp3) is 1.00. The quantitative estimate of drug-likeness (QED) is 0.720. The van der Waals surface area contributed by atoms with Crippen molar-refractivity contribution in [1.29, 1.82) is 0 Å². The maximum atomic E-state index is 8.07. The molecule has 0 aliphatic heterocycles. The highest BCUT2D eigenvalue weighted by Crippen LogP contribution is 2.04. The second kappa shape index (κ2) is 8.11. The zero-order valence-electron chi connectivity index (χ0n) is 8.10. The van der Waals surface area contributed by atoms with Crippen molar-refractivity contribution < 1.29 is 9.84 Å². The van der Waals surface area contributed by atoms with Crippen LogP contribution in [0.2, 0.25) is 0 Å². The minimum absolute atomic E-state index is 0.0417. The molecule has 0 unspecified atom stereocenters. The average molecular weight is 217 g/mol. The molecule has 12 heavy (non-hydrogen) atoms. The van der Waals surface area contributed by atoms with Crippen LogP contribution in [0.4, 0.5) is 0 Å². The molecule has 1 N–H and O–H groups in total. The molecule has 0 aliphatic rings. The van der Waals surface area contributed by atoms with Crippen LogP contribution in [0.25, 0.3) is 0 Å². The number of hydrogen-bond donors (Lipinski definition) is 1. The monoisotopic (exact) mass is 216 g/mol. The van der Waals surface area contributed by atoms with Crippen molar-refractivity contribution in [3.8, 4) is 0 Å². The van der Waals surface area contributed by atoms with Gasteiger partial charge in [0.05, 0.1) is 5.60 Å². The third kappa shape index (κ3) is 22.4. The topological polar surface area (TPSA) is 29.5 Å². The van der Waals surface area contributed by atoms with E-state index in [-0.39, 0.29) is 12.2 Å². The minimum atomic E-state index is -0.407. The van der Waals surface area contributed by atoms with E-state index < -0.39 is 4.84 Å². The summed E-state index contributed by atoms with van der Waals surface area (Å²) in [5, 5.41) is 8.07. The van der Waals surface area contributed by atoms with Crippen LogP contribution in [0.1, 0.15) is 27.2 Å². The van der Waals surface area contributed by atoms with Gasteiger partial charge in [-0.05, 0) is 20.8 Å². The van der Waals surface area contributed by atoms with Crippen LogP contribution in [-0.4, -0.2) is 29.3 Å². The molecular weight excluding hydrogens is 199 g/mol. The summed E-state index contributed by atoms with van der Waals surface area (Å²) in [6.07, 6.45) is 0.461. The first kappa shape index (κ1) is 15.0. The van der Waals surface area contributed by atoms with Gasteiger partial charge >= 0.3 is 0 Å². The van der Waals surface area contributed by atoms with Crippen LogP contribution < -0.4 is 0 Å². The van der Waals surface area contributed by atoms with Gasteiger partial charge in [-0.25, -0.2) is 0 Å². The molecule has 0 aromatic rings. The Hall–Kier alpha value is 0.500. The van der Waals surface area contributed by atoms with Gasteiger partial charge in [0, 0.05) is 20.1 Å². The van der Waals surface area contributed by atoms with Crippen molar-refractivity contribution in [3.05, 3.63) is 0 Å². The molecule has 0 saturated carbocycles. The van der Waals surface area contributed by atoms with Crippen LogP contribution in [0.15, 0.2) is 0 Å². The molecule has 0 aromatic carbocycles. The van der Waals surface area contributed by atoms with Crippen molar-refractivity contribution in [2.24, 2.45) is 0 Å². The van der Waals surface area contributed by atoms with E-state index in [1.165, 1.54) is 0 Å². The first-order chi connectivity index (χ1) is 5.33. The van der Waals surface area contributed by atoms with E-state index in [1.807, 2.05) is 20.8 Å².